The average molecular weight is 401 g/mol. The van der Waals surface area contributed by atoms with Crippen molar-refractivity contribution in [2.75, 3.05) is 6.61 Å². The summed E-state index contributed by atoms with van der Waals surface area (Å²) in [5, 5.41) is 20.5. The van der Waals surface area contributed by atoms with Crippen LogP contribution in [0.2, 0.25) is 0 Å². The van der Waals surface area contributed by atoms with Crippen LogP contribution in [-0.2, 0) is 0 Å². The Kier molecular flexibility index (Phi) is 8.23. The molecule has 0 amide bonds. The number of fused-ring (bicyclic) bond motifs is 1. The minimum absolute atomic E-state index is 0.372. The van der Waals surface area contributed by atoms with Gasteiger partial charge in [0.05, 0.1) is 11.7 Å². The molecule has 0 bridgehead atoms. The van der Waals surface area contributed by atoms with E-state index < -0.39 is 11.7 Å². The first-order chi connectivity index (χ1) is 13.6. The van der Waals surface area contributed by atoms with Crippen LogP contribution in [0.1, 0.15) is 53.4 Å². The summed E-state index contributed by atoms with van der Waals surface area (Å²) in [6, 6.07) is 8.59. The van der Waals surface area contributed by atoms with Crippen LogP contribution in [0, 0.1) is 0 Å². The first kappa shape index (κ1) is 22.9. The van der Waals surface area contributed by atoms with Crippen LogP contribution in [0.4, 0.5) is 0 Å². The summed E-state index contributed by atoms with van der Waals surface area (Å²) in [6.07, 6.45) is 6.70. The molecule has 158 valence electrons. The predicted molar refractivity (Wildman–Crippen MR) is 116 cm³/mol. The molecule has 1 aromatic heterocycles. The molecule has 0 fully saturated rings. The van der Waals surface area contributed by atoms with Crippen LogP contribution >= 0.6 is 0 Å². The number of allylic oxidation sites excluding steroid dienone is 3. The van der Waals surface area contributed by atoms with E-state index in [2.05, 4.69) is 19.9 Å². The van der Waals surface area contributed by atoms with Crippen molar-refractivity contribution in [3.63, 3.8) is 0 Å². The van der Waals surface area contributed by atoms with Gasteiger partial charge in [0, 0.05) is 17.5 Å². The molecule has 1 aromatic carbocycles. The number of aliphatic hydroxyl groups is 2. The Morgan fingerprint density at radius 1 is 1.14 bits per heavy atom. The van der Waals surface area contributed by atoms with Gasteiger partial charge in [-0.3, -0.25) is 0 Å². The molecule has 0 aliphatic carbocycles. The van der Waals surface area contributed by atoms with E-state index in [4.69, 9.17) is 9.15 Å². The third-order valence-corrected chi connectivity index (χ3v) is 4.94. The maximum Gasteiger partial charge on any atom is 0.336 e. The lowest BCUT2D eigenvalue weighted by Gasteiger charge is -2.24. The van der Waals surface area contributed by atoms with Gasteiger partial charge in [0.2, 0.25) is 0 Å². The first-order valence-corrected chi connectivity index (χ1v) is 10.0. The fraction of sp³-hybridized carbons (Fsp3) is 0.458. The fourth-order valence-corrected chi connectivity index (χ4v) is 2.88. The Balaban J connectivity index is 1.76. The van der Waals surface area contributed by atoms with E-state index in [-0.39, 0.29) is 5.63 Å². The Labute approximate surface area is 172 Å². The number of rotatable bonds is 10. The van der Waals surface area contributed by atoms with Gasteiger partial charge in [-0.05, 0) is 77.7 Å². The van der Waals surface area contributed by atoms with Gasteiger partial charge < -0.3 is 19.4 Å². The second kappa shape index (κ2) is 10.4. The third kappa shape index (κ3) is 7.87. The molecule has 0 radical (unpaired) electrons. The molecule has 0 spiro atoms. The van der Waals surface area contributed by atoms with Crippen molar-refractivity contribution in [1.82, 2.24) is 0 Å². The number of hydrogen-bond donors (Lipinski definition) is 2. The molecule has 5 heteroatoms. The molecule has 0 unspecified atom stereocenters. The molecule has 2 aromatic rings. The van der Waals surface area contributed by atoms with Gasteiger partial charge in [0.1, 0.15) is 17.9 Å². The first-order valence-electron chi connectivity index (χ1n) is 10.0. The van der Waals surface area contributed by atoms with Crippen LogP contribution < -0.4 is 10.4 Å². The van der Waals surface area contributed by atoms with E-state index in [0.29, 0.717) is 24.4 Å². The molecule has 0 saturated carbocycles. The number of aliphatic hydroxyl groups excluding tert-OH is 1. The van der Waals surface area contributed by atoms with Crippen molar-refractivity contribution < 1.29 is 19.4 Å². The quantitative estimate of drug-likeness (QED) is 0.444. The SMILES string of the molecule is C/C(=C\COc1ccc2ccc(=O)oc2c1)CC/C=C(\C)CC[C@@H](O)C(C)(C)O. The largest absolute Gasteiger partial charge is 0.489 e. The van der Waals surface area contributed by atoms with Gasteiger partial charge in [-0.2, -0.15) is 0 Å². The summed E-state index contributed by atoms with van der Waals surface area (Å²) in [7, 11) is 0. The fourth-order valence-electron chi connectivity index (χ4n) is 2.88. The van der Waals surface area contributed by atoms with Crippen molar-refractivity contribution in [1.29, 1.82) is 0 Å². The highest BCUT2D eigenvalue weighted by Gasteiger charge is 2.23. The summed E-state index contributed by atoms with van der Waals surface area (Å²) < 4.78 is 10.9. The zero-order chi connectivity index (χ0) is 21.4. The lowest BCUT2D eigenvalue weighted by Crippen LogP contribution is -2.35. The van der Waals surface area contributed by atoms with Crippen LogP contribution in [0.5, 0.6) is 5.75 Å². The predicted octanol–water partition coefficient (Wildman–Crippen LogP) is 4.76. The van der Waals surface area contributed by atoms with Crippen molar-refractivity contribution in [2.45, 2.75) is 65.1 Å². The highest BCUT2D eigenvalue weighted by atomic mass is 16.5. The highest BCUT2D eigenvalue weighted by molar-refractivity contribution is 5.77. The average Bonchev–Trinajstić information content (AvgIpc) is 2.65. The number of hydrogen-bond acceptors (Lipinski definition) is 5. The summed E-state index contributed by atoms with van der Waals surface area (Å²) in [5.41, 5.74) is 1.54. The molecule has 0 saturated heterocycles. The molecular weight excluding hydrogens is 368 g/mol. The van der Waals surface area contributed by atoms with Crippen molar-refractivity contribution in [3.05, 3.63) is 64.1 Å². The molecule has 2 rings (SSSR count). The smallest absolute Gasteiger partial charge is 0.336 e. The molecule has 1 atom stereocenters. The monoisotopic (exact) mass is 400 g/mol. The summed E-state index contributed by atoms with van der Waals surface area (Å²) in [5.74, 6) is 0.664. The van der Waals surface area contributed by atoms with Gasteiger partial charge in [-0.1, -0.05) is 17.2 Å². The molecule has 0 aliphatic heterocycles. The Bertz CT molecular complexity index is 915. The van der Waals surface area contributed by atoms with Crippen LogP contribution in [0.25, 0.3) is 11.0 Å². The van der Waals surface area contributed by atoms with Gasteiger partial charge >= 0.3 is 5.63 Å². The number of ether oxygens (including phenoxy) is 1. The second-order valence-corrected chi connectivity index (χ2v) is 8.11. The van der Waals surface area contributed by atoms with E-state index in [9.17, 15) is 15.0 Å². The van der Waals surface area contributed by atoms with E-state index in [1.807, 2.05) is 18.2 Å². The van der Waals surface area contributed by atoms with Gasteiger partial charge in [0.25, 0.3) is 0 Å². The normalized spacial score (nSPS) is 14.3. The Morgan fingerprint density at radius 3 is 2.55 bits per heavy atom. The van der Waals surface area contributed by atoms with Crippen molar-refractivity contribution in [3.8, 4) is 5.75 Å². The summed E-state index contributed by atoms with van der Waals surface area (Å²) in [4.78, 5) is 11.3. The van der Waals surface area contributed by atoms with E-state index >= 15 is 0 Å². The van der Waals surface area contributed by atoms with E-state index in [1.165, 1.54) is 17.2 Å². The lowest BCUT2D eigenvalue weighted by atomic mass is 9.95. The maximum absolute atomic E-state index is 11.3. The van der Waals surface area contributed by atoms with Crippen molar-refractivity contribution >= 4 is 11.0 Å². The minimum atomic E-state index is -1.06. The molecular formula is C24H32O5. The Morgan fingerprint density at radius 2 is 1.83 bits per heavy atom. The van der Waals surface area contributed by atoms with Crippen LogP contribution in [0.3, 0.4) is 0 Å². The number of benzene rings is 1. The van der Waals surface area contributed by atoms with Gasteiger partial charge in [-0.25, -0.2) is 4.79 Å². The zero-order valence-electron chi connectivity index (χ0n) is 17.8. The molecule has 1 heterocycles. The minimum Gasteiger partial charge on any atom is -0.489 e. The second-order valence-electron chi connectivity index (χ2n) is 8.11. The van der Waals surface area contributed by atoms with Gasteiger partial charge in [-0.15, -0.1) is 0 Å². The van der Waals surface area contributed by atoms with Crippen molar-refractivity contribution in [2.24, 2.45) is 0 Å². The zero-order valence-corrected chi connectivity index (χ0v) is 17.8. The highest BCUT2D eigenvalue weighted by Crippen LogP contribution is 2.20. The molecule has 2 N–H and O–H groups in total. The maximum atomic E-state index is 11.3. The topological polar surface area (TPSA) is 79.9 Å². The van der Waals surface area contributed by atoms with E-state index in [1.54, 1.807) is 26.0 Å². The van der Waals surface area contributed by atoms with Gasteiger partial charge in [0.15, 0.2) is 0 Å². The van der Waals surface area contributed by atoms with Crippen LogP contribution in [0.15, 0.2) is 62.8 Å². The third-order valence-electron chi connectivity index (χ3n) is 4.94. The van der Waals surface area contributed by atoms with Crippen LogP contribution in [-0.4, -0.2) is 28.5 Å². The lowest BCUT2D eigenvalue weighted by molar-refractivity contribution is -0.0509. The molecule has 5 nitrogen and oxygen atoms in total. The van der Waals surface area contributed by atoms with E-state index in [0.717, 1.165) is 24.6 Å². The molecule has 0 aliphatic rings. The summed E-state index contributed by atoms with van der Waals surface area (Å²) >= 11 is 0. The Hall–Kier alpha value is -2.37. The summed E-state index contributed by atoms with van der Waals surface area (Å²) in [6.45, 7) is 7.83. The standard InChI is InChI=1S/C24H32O5/c1-17(8-12-22(25)24(3,4)27)6-5-7-18(2)14-15-28-20-11-9-19-10-13-23(26)29-21(19)16-20/h6,9-11,13-14,16,22,25,27H,5,7-8,12,15H2,1-4H3/b17-6+,18-14+/t22-/m1/s1. The molecule has 29 heavy (non-hydrogen) atoms.